The van der Waals surface area contributed by atoms with Gasteiger partial charge in [0.1, 0.15) is 0 Å². The molecule has 2 rings (SSSR count). The Kier molecular flexibility index (Phi) is 5.23. The highest BCUT2D eigenvalue weighted by atomic mass is 16.2. The van der Waals surface area contributed by atoms with Crippen LogP contribution in [-0.4, -0.2) is 6.15 Å². The van der Waals surface area contributed by atoms with Crippen LogP contribution in [0, 0.1) is 0 Å². The van der Waals surface area contributed by atoms with Gasteiger partial charge in [0.2, 0.25) is 0 Å². The van der Waals surface area contributed by atoms with E-state index in [1.165, 1.54) is 16.7 Å². The Morgan fingerprint density at radius 2 is 1.16 bits per heavy atom. The first-order chi connectivity index (χ1) is 8.99. The number of carbonyl (C=O) groups excluding carboxylic acids is 2. The molecule has 0 spiro atoms. The predicted molar refractivity (Wildman–Crippen MR) is 75.6 cm³/mol. The topological polar surface area (TPSA) is 34.1 Å². The summed E-state index contributed by atoms with van der Waals surface area (Å²) in [5.74, 6) is 0. The lowest BCUT2D eigenvalue weighted by atomic mass is 9.86. The van der Waals surface area contributed by atoms with Crippen molar-refractivity contribution >= 4 is 6.15 Å². The molecule has 0 aliphatic rings. The summed E-state index contributed by atoms with van der Waals surface area (Å²) in [6, 6.07) is 19.3. The fourth-order valence-corrected chi connectivity index (χ4v) is 1.79. The highest BCUT2D eigenvalue weighted by Crippen LogP contribution is 2.25. The van der Waals surface area contributed by atoms with Crippen molar-refractivity contribution in [1.29, 1.82) is 0 Å². The molecule has 0 saturated heterocycles. The van der Waals surface area contributed by atoms with Crippen molar-refractivity contribution in [3.63, 3.8) is 0 Å². The number of rotatable bonds is 1. The third-order valence-corrected chi connectivity index (χ3v) is 2.86. The van der Waals surface area contributed by atoms with Crippen LogP contribution in [0.4, 0.5) is 0 Å². The molecule has 19 heavy (non-hydrogen) atoms. The first-order valence-corrected chi connectivity index (χ1v) is 6.14. The molecule has 0 unspecified atom stereocenters. The van der Waals surface area contributed by atoms with Gasteiger partial charge in [-0.05, 0) is 22.1 Å². The van der Waals surface area contributed by atoms with Gasteiger partial charge in [-0.15, -0.1) is 0 Å². The van der Waals surface area contributed by atoms with Gasteiger partial charge in [-0.25, -0.2) is 0 Å². The zero-order valence-electron chi connectivity index (χ0n) is 11.5. The quantitative estimate of drug-likeness (QED) is 0.768. The van der Waals surface area contributed by atoms with E-state index < -0.39 is 0 Å². The van der Waals surface area contributed by atoms with Crippen molar-refractivity contribution in [2.45, 2.75) is 26.2 Å². The minimum Gasteiger partial charge on any atom is -0.186 e. The second kappa shape index (κ2) is 6.67. The van der Waals surface area contributed by atoms with Gasteiger partial charge in [0, 0.05) is 0 Å². The Labute approximate surface area is 114 Å². The predicted octanol–water partition coefficient (Wildman–Crippen LogP) is 4.07. The highest BCUT2D eigenvalue weighted by molar-refractivity contribution is 5.63. The van der Waals surface area contributed by atoms with Gasteiger partial charge < -0.3 is 0 Å². The second-order valence-electron chi connectivity index (χ2n) is 5.28. The summed E-state index contributed by atoms with van der Waals surface area (Å²) in [7, 11) is 0. The number of hydrogen-bond acceptors (Lipinski definition) is 2. The first-order valence-electron chi connectivity index (χ1n) is 6.14. The Hall–Kier alpha value is -2.18. The van der Waals surface area contributed by atoms with E-state index in [1.807, 2.05) is 6.07 Å². The average molecular weight is 254 g/mol. The molecule has 0 radical (unpaired) electrons. The third kappa shape index (κ3) is 4.53. The van der Waals surface area contributed by atoms with Crippen molar-refractivity contribution in [2.75, 3.05) is 0 Å². The molecule has 0 aliphatic carbocycles. The van der Waals surface area contributed by atoms with E-state index in [2.05, 4.69) is 69.3 Å². The molecular formula is C17H18O2. The van der Waals surface area contributed by atoms with Crippen LogP contribution in [0.2, 0.25) is 0 Å². The summed E-state index contributed by atoms with van der Waals surface area (Å²) in [6.07, 6.45) is 0.250. The number of benzene rings is 2. The smallest absolute Gasteiger partial charge is 0.186 e. The lowest BCUT2D eigenvalue weighted by Crippen LogP contribution is -2.10. The van der Waals surface area contributed by atoms with Crippen LogP contribution in [0.1, 0.15) is 26.3 Å². The number of hydrogen-bond donors (Lipinski definition) is 0. The summed E-state index contributed by atoms with van der Waals surface area (Å²) < 4.78 is 0. The van der Waals surface area contributed by atoms with Crippen LogP contribution in [0.25, 0.3) is 11.1 Å². The van der Waals surface area contributed by atoms with Crippen molar-refractivity contribution in [3.05, 3.63) is 60.2 Å². The molecule has 0 amide bonds. The van der Waals surface area contributed by atoms with Crippen LogP contribution in [0.15, 0.2) is 54.6 Å². The van der Waals surface area contributed by atoms with Crippen LogP contribution in [-0.2, 0) is 15.0 Å². The lowest BCUT2D eigenvalue weighted by molar-refractivity contribution is -0.191. The van der Waals surface area contributed by atoms with Crippen molar-refractivity contribution in [3.8, 4) is 11.1 Å². The summed E-state index contributed by atoms with van der Waals surface area (Å²) in [5, 5.41) is 0. The van der Waals surface area contributed by atoms with Crippen LogP contribution in [0.3, 0.4) is 0 Å². The molecule has 98 valence electrons. The molecule has 2 nitrogen and oxygen atoms in total. The molecule has 0 bridgehead atoms. The fraction of sp³-hybridized carbons (Fsp3) is 0.235. The maximum absolute atomic E-state index is 8.12. The summed E-state index contributed by atoms with van der Waals surface area (Å²) in [6.45, 7) is 6.72. The lowest BCUT2D eigenvalue weighted by Gasteiger charge is -2.19. The molecule has 2 aromatic rings. The van der Waals surface area contributed by atoms with E-state index in [-0.39, 0.29) is 11.6 Å². The minimum absolute atomic E-state index is 0.231. The van der Waals surface area contributed by atoms with E-state index in [0.29, 0.717) is 0 Å². The normalized spacial score (nSPS) is 10.1. The Bertz CT molecular complexity index is 528. The van der Waals surface area contributed by atoms with Crippen LogP contribution >= 0.6 is 0 Å². The van der Waals surface area contributed by atoms with Gasteiger partial charge in [-0.3, -0.25) is 0 Å². The molecule has 0 heterocycles. The molecular weight excluding hydrogens is 236 g/mol. The van der Waals surface area contributed by atoms with Crippen LogP contribution < -0.4 is 0 Å². The SMILES string of the molecule is CC(C)(C)c1ccc(-c2ccccc2)cc1.O=C=O. The third-order valence-electron chi connectivity index (χ3n) is 2.86. The molecule has 0 saturated carbocycles. The van der Waals surface area contributed by atoms with E-state index in [1.54, 1.807) is 0 Å². The zero-order valence-corrected chi connectivity index (χ0v) is 11.5. The zero-order chi connectivity index (χ0) is 14.3. The Morgan fingerprint density at radius 1 is 0.737 bits per heavy atom. The Balaban J connectivity index is 0.000000550. The van der Waals surface area contributed by atoms with Crippen LogP contribution in [0.5, 0.6) is 0 Å². The molecule has 0 aromatic heterocycles. The molecule has 0 aliphatic heterocycles. The van der Waals surface area contributed by atoms with Gasteiger partial charge in [-0.1, -0.05) is 75.4 Å². The minimum atomic E-state index is 0.231. The Morgan fingerprint density at radius 3 is 1.58 bits per heavy atom. The monoisotopic (exact) mass is 254 g/mol. The molecule has 0 fully saturated rings. The standard InChI is InChI=1S/C16H18.CO2/c1-16(2,3)15-11-9-14(10-12-15)13-7-5-4-6-8-13;2-1-3/h4-12H,1-3H3;. The molecule has 0 N–H and O–H groups in total. The average Bonchev–Trinajstić information content (AvgIpc) is 2.40. The maximum atomic E-state index is 8.12. The van der Waals surface area contributed by atoms with Gasteiger partial charge in [-0.2, -0.15) is 9.59 Å². The van der Waals surface area contributed by atoms with E-state index in [0.717, 1.165) is 0 Å². The molecule has 2 heteroatoms. The van der Waals surface area contributed by atoms with Gasteiger partial charge >= 0.3 is 6.15 Å². The summed E-state index contributed by atoms with van der Waals surface area (Å²) in [4.78, 5) is 16.2. The van der Waals surface area contributed by atoms with Crippen molar-refractivity contribution in [1.82, 2.24) is 0 Å². The molecule has 0 atom stereocenters. The summed E-state index contributed by atoms with van der Waals surface area (Å²) >= 11 is 0. The largest absolute Gasteiger partial charge is 0.373 e. The van der Waals surface area contributed by atoms with Crippen molar-refractivity contribution in [2.24, 2.45) is 0 Å². The van der Waals surface area contributed by atoms with Gasteiger partial charge in [0.25, 0.3) is 0 Å². The van der Waals surface area contributed by atoms with E-state index in [4.69, 9.17) is 9.59 Å². The maximum Gasteiger partial charge on any atom is 0.373 e. The van der Waals surface area contributed by atoms with E-state index in [9.17, 15) is 0 Å². The summed E-state index contributed by atoms with van der Waals surface area (Å²) in [5.41, 5.74) is 4.18. The molecule has 2 aromatic carbocycles. The van der Waals surface area contributed by atoms with E-state index >= 15 is 0 Å². The van der Waals surface area contributed by atoms with Gasteiger partial charge in [0.15, 0.2) is 0 Å². The fourth-order valence-electron chi connectivity index (χ4n) is 1.79. The first kappa shape index (κ1) is 14.9. The highest BCUT2D eigenvalue weighted by Gasteiger charge is 2.12. The van der Waals surface area contributed by atoms with Gasteiger partial charge in [0.05, 0.1) is 0 Å². The van der Waals surface area contributed by atoms with Crippen molar-refractivity contribution < 1.29 is 9.59 Å². The second-order valence-corrected chi connectivity index (χ2v) is 5.28.